The van der Waals surface area contributed by atoms with Crippen molar-refractivity contribution in [1.82, 2.24) is 0 Å². The number of aryl methyl sites for hydroxylation is 1. The molecule has 0 saturated carbocycles. The molecule has 2 rings (SSSR count). The molecule has 0 atom stereocenters. The largest absolute Gasteiger partial charge is 0.452 e. The first kappa shape index (κ1) is 18.9. The lowest BCUT2D eigenvalue weighted by molar-refractivity contribution is -0.119. The molecule has 0 radical (unpaired) electrons. The van der Waals surface area contributed by atoms with Gasteiger partial charge in [0.25, 0.3) is 5.91 Å². The summed E-state index contributed by atoms with van der Waals surface area (Å²) in [7, 11) is 0. The van der Waals surface area contributed by atoms with Crippen LogP contribution >= 0.6 is 46.4 Å². The van der Waals surface area contributed by atoms with Gasteiger partial charge in [-0.2, -0.15) is 0 Å². The maximum absolute atomic E-state index is 11.9. The van der Waals surface area contributed by atoms with Gasteiger partial charge in [-0.3, -0.25) is 4.79 Å². The molecule has 1 amide bonds. The van der Waals surface area contributed by atoms with E-state index in [1.165, 1.54) is 18.2 Å². The second-order valence-corrected chi connectivity index (χ2v) is 6.41. The van der Waals surface area contributed by atoms with E-state index in [0.717, 1.165) is 5.56 Å². The topological polar surface area (TPSA) is 55.4 Å². The van der Waals surface area contributed by atoms with E-state index < -0.39 is 18.5 Å². The molecule has 24 heavy (non-hydrogen) atoms. The summed E-state index contributed by atoms with van der Waals surface area (Å²) in [5, 5.41) is 3.66. The lowest BCUT2D eigenvalue weighted by Crippen LogP contribution is -2.21. The Morgan fingerprint density at radius 1 is 1.00 bits per heavy atom. The van der Waals surface area contributed by atoms with E-state index in [1.54, 1.807) is 19.1 Å². The number of ether oxygens (including phenoxy) is 1. The Balaban J connectivity index is 2.00. The normalized spacial score (nSPS) is 10.4. The highest BCUT2D eigenvalue weighted by molar-refractivity contribution is 6.42. The summed E-state index contributed by atoms with van der Waals surface area (Å²) in [6.45, 7) is 1.28. The average Bonchev–Trinajstić information content (AvgIpc) is 2.55. The van der Waals surface area contributed by atoms with Gasteiger partial charge in [0.1, 0.15) is 0 Å². The van der Waals surface area contributed by atoms with Crippen molar-refractivity contribution >= 4 is 64.0 Å². The summed E-state index contributed by atoms with van der Waals surface area (Å²) in [6.07, 6.45) is 0. The molecule has 0 aliphatic rings. The smallest absolute Gasteiger partial charge is 0.338 e. The Hall–Kier alpha value is -1.46. The van der Waals surface area contributed by atoms with Gasteiger partial charge in [-0.1, -0.05) is 52.5 Å². The van der Waals surface area contributed by atoms with Crippen LogP contribution < -0.4 is 5.32 Å². The van der Waals surface area contributed by atoms with Crippen LogP contribution in [-0.4, -0.2) is 18.5 Å². The summed E-state index contributed by atoms with van der Waals surface area (Å²) in [6, 6.07) is 7.61. The molecule has 0 unspecified atom stereocenters. The van der Waals surface area contributed by atoms with Gasteiger partial charge in [0.15, 0.2) is 6.61 Å². The Morgan fingerprint density at radius 3 is 2.33 bits per heavy atom. The van der Waals surface area contributed by atoms with Crippen molar-refractivity contribution in [2.75, 3.05) is 11.9 Å². The van der Waals surface area contributed by atoms with Crippen LogP contribution in [0.3, 0.4) is 0 Å². The van der Waals surface area contributed by atoms with Crippen molar-refractivity contribution in [3.63, 3.8) is 0 Å². The number of esters is 1. The summed E-state index contributed by atoms with van der Waals surface area (Å²) >= 11 is 23.7. The molecule has 0 bridgehead atoms. The van der Waals surface area contributed by atoms with Gasteiger partial charge < -0.3 is 10.1 Å². The molecule has 2 aromatic carbocycles. The van der Waals surface area contributed by atoms with Crippen LogP contribution in [0.25, 0.3) is 0 Å². The van der Waals surface area contributed by atoms with Crippen LogP contribution in [0, 0.1) is 6.92 Å². The van der Waals surface area contributed by atoms with Crippen molar-refractivity contribution in [1.29, 1.82) is 0 Å². The number of carbonyl (C=O) groups is 2. The highest BCUT2D eigenvalue weighted by Crippen LogP contribution is 2.32. The Morgan fingerprint density at radius 2 is 1.67 bits per heavy atom. The molecule has 0 aliphatic carbocycles. The van der Waals surface area contributed by atoms with E-state index in [9.17, 15) is 9.59 Å². The van der Waals surface area contributed by atoms with Crippen molar-refractivity contribution in [2.24, 2.45) is 0 Å². The second-order valence-electron chi connectivity index (χ2n) is 4.81. The van der Waals surface area contributed by atoms with Gasteiger partial charge in [-0.05, 0) is 36.8 Å². The predicted octanol–water partition coefficient (Wildman–Crippen LogP) is 5.40. The fraction of sp³-hybridized carbons (Fsp3) is 0.125. The zero-order valence-electron chi connectivity index (χ0n) is 12.3. The number of amides is 1. The molecule has 0 spiro atoms. The highest BCUT2D eigenvalue weighted by Gasteiger charge is 2.15. The van der Waals surface area contributed by atoms with E-state index in [-0.39, 0.29) is 21.3 Å². The Kier molecular flexibility index (Phi) is 6.35. The third-order valence-electron chi connectivity index (χ3n) is 3.04. The van der Waals surface area contributed by atoms with E-state index in [1.807, 2.05) is 0 Å². The molecule has 0 aliphatic heterocycles. The molecule has 0 aromatic heterocycles. The summed E-state index contributed by atoms with van der Waals surface area (Å²) in [4.78, 5) is 23.8. The van der Waals surface area contributed by atoms with E-state index >= 15 is 0 Å². The monoisotopic (exact) mass is 405 g/mol. The van der Waals surface area contributed by atoms with Crippen molar-refractivity contribution < 1.29 is 14.3 Å². The number of anilines is 1. The van der Waals surface area contributed by atoms with Gasteiger partial charge in [0, 0.05) is 0 Å². The van der Waals surface area contributed by atoms with Gasteiger partial charge >= 0.3 is 5.97 Å². The van der Waals surface area contributed by atoms with Crippen molar-refractivity contribution in [2.45, 2.75) is 6.92 Å². The number of carbonyl (C=O) groups excluding carboxylic acids is 2. The van der Waals surface area contributed by atoms with E-state index in [4.69, 9.17) is 51.1 Å². The van der Waals surface area contributed by atoms with E-state index in [0.29, 0.717) is 10.0 Å². The van der Waals surface area contributed by atoms with Gasteiger partial charge in [-0.25, -0.2) is 4.79 Å². The van der Waals surface area contributed by atoms with Crippen LogP contribution in [0.5, 0.6) is 0 Å². The van der Waals surface area contributed by atoms with Crippen LogP contribution in [0.1, 0.15) is 15.9 Å². The molecular weight excluding hydrogens is 396 g/mol. The first-order valence-corrected chi connectivity index (χ1v) is 8.17. The zero-order valence-corrected chi connectivity index (χ0v) is 15.4. The number of benzene rings is 2. The Labute approximate surface area is 158 Å². The molecule has 0 fully saturated rings. The van der Waals surface area contributed by atoms with Crippen molar-refractivity contribution in [3.05, 3.63) is 61.5 Å². The first-order chi connectivity index (χ1) is 11.3. The molecule has 0 saturated heterocycles. The molecule has 1 N–H and O–H groups in total. The number of nitrogens with one attached hydrogen (secondary N) is 1. The average molecular weight is 407 g/mol. The summed E-state index contributed by atoms with van der Waals surface area (Å²) in [5.74, 6) is -1.28. The SMILES string of the molecule is Cc1ccc(Cl)c(NC(=O)COC(=O)c2ccc(Cl)c(Cl)c2)c1Cl. The van der Waals surface area contributed by atoms with Gasteiger partial charge in [-0.15, -0.1) is 0 Å². The van der Waals surface area contributed by atoms with Crippen LogP contribution in [0.15, 0.2) is 30.3 Å². The number of hydrogen-bond acceptors (Lipinski definition) is 3. The molecule has 126 valence electrons. The molecule has 4 nitrogen and oxygen atoms in total. The fourth-order valence-electron chi connectivity index (χ4n) is 1.78. The minimum Gasteiger partial charge on any atom is -0.452 e. The minimum atomic E-state index is -0.704. The van der Waals surface area contributed by atoms with Crippen LogP contribution in [0.2, 0.25) is 20.1 Å². The first-order valence-electron chi connectivity index (χ1n) is 6.66. The third kappa shape index (κ3) is 4.54. The van der Waals surface area contributed by atoms with Crippen LogP contribution in [0.4, 0.5) is 5.69 Å². The van der Waals surface area contributed by atoms with Crippen molar-refractivity contribution in [3.8, 4) is 0 Å². The molecule has 2 aromatic rings. The maximum atomic E-state index is 11.9. The molecule has 0 heterocycles. The second kappa shape index (κ2) is 8.08. The number of hydrogen-bond donors (Lipinski definition) is 1. The lowest BCUT2D eigenvalue weighted by Gasteiger charge is -2.11. The summed E-state index contributed by atoms with van der Waals surface area (Å²) in [5.41, 5.74) is 1.21. The minimum absolute atomic E-state index is 0.184. The molecular formula is C16H11Cl4NO3. The quantitative estimate of drug-likeness (QED) is 0.691. The van der Waals surface area contributed by atoms with Gasteiger partial charge in [0.2, 0.25) is 0 Å². The maximum Gasteiger partial charge on any atom is 0.338 e. The van der Waals surface area contributed by atoms with E-state index in [2.05, 4.69) is 5.32 Å². The lowest BCUT2D eigenvalue weighted by atomic mass is 10.2. The number of rotatable bonds is 4. The number of halogens is 4. The molecule has 8 heteroatoms. The summed E-state index contributed by atoms with van der Waals surface area (Å²) < 4.78 is 4.93. The van der Waals surface area contributed by atoms with Crippen LogP contribution in [-0.2, 0) is 9.53 Å². The highest BCUT2D eigenvalue weighted by atomic mass is 35.5. The third-order valence-corrected chi connectivity index (χ3v) is 4.58. The Bertz CT molecular complexity index is 808. The van der Waals surface area contributed by atoms with Gasteiger partial charge in [0.05, 0.1) is 31.3 Å². The zero-order chi connectivity index (χ0) is 17.9. The predicted molar refractivity (Wildman–Crippen MR) is 96.6 cm³/mol. The standard InChI is InChI=1S/C16H11Cl4NO3/c1-8-2-4-11(18)15(14(8)20)21-13(22)7-24-16(23)9-3-5-10(17)12(19)6-9/h2-6H,7H2,1H3,(H,21,22). The fourth-order valence-corrected chi connectivity index (χ4v) is 2.55.